The number of rotatable bonds is 5. The van der Waals surface area contributed by atoms with Crippen molar-refractivity contribution >= 4 is 15.0 Å². The fraction of sp³-hybridized carbons (Fsp3) is 0.571. The van der Waals surface area contributed by atoms with Crippen molar-refractivity contribution in [1.82, 2.24) is 0 Å². The van der Waals surface area contributed by atoms with Crippen LogP contribution in [-0.4, -0.2) is 36.3 Å². The third-order valence-electron chi connectivity index (χ3n) is 1.28. The van der Waals surface area contributed by atoms with Crippen molar-refractivity contribution in [1.29, 1.82) is 0 Å². The summed E-state index contributed by atoms with van der Waals surface area (Å²) < 4.78 is 19.5. The Bertz CT molecular complexity index is 179. The van der Waals surface area contributed by atoms with Gasteiger partial charge in [0.15, 0.2) is 0 Å². The van der Waals surface area contributed by atoms with Crippen LogP contribution in [0.1, 0.15) is 6.92 Å². The summed E-state index contributed by atoms with van der Waals surface area (Å²) >= 11 is 0. The lowest BCUT2D eigenvalue weighted by Crippen LogP contribution is -2.47. The van der Waals surface area contributed by atoms with Crippen LogP contribution in [0, 0.1) is 0 Å². The van der Waals surface area contributed by atoms with E-state index >= 15 is 0 Å². The molecule has 5 nitrogen and oxygen atoms in total. The summed E-state index contributed by atoms with van der Waals surface area (Å²) in [5.74, 6) is -0.542. The Morgan fingerprint density at radius 1 is 1.15 bits per heavy atom. The first-order chi connectivity index (χ1) is 6.14. The van der Waals surface area contributed by atoms with Gasteiger partial charge in [0.2, 0.25) is 0 Å². The van der Waals surface area contributed by atoms with Crippen LogP contribution >= 0.6 is 0 Å². The van der Waals surface area contributed by atoms with E-state index in [9.17, 15) is 4.79 Å². The molecule has 0 aliphatic rings. The number of hydrogen-bond donors (Lipinski definition) is 0. The summed E-state index contributed by atoms with van der Waals surface area (Å²) in [5.41, 5.74) is 0. The maximum absolute atomic E-state index is 11.0. The fourth-order valence-corrected chi connectivity index (χ4v) is 1.73. The molecule has 0 heterocycles. The Labute approximate surface area is 78.7 Å². The average molecular weight is 206 g/mol. The predicted molar refractivity (Wildman–Crippen MR) is 47.7 cm³/mol. The van der Waals surface area contributed by atoms with E-state index in [0.29, 0.717) is 0 Å². The first-order valence-corrected chi connectivity index (χ1v) is 5.28. The quantitative estimate of drug-likeness (QED) is 0.484. The molecule has 0 radical (unpaired) electrons. The van der Waals surface area contributed by atoms with Crippen molar-refractivity contribution in [2.24, 2.45) is 0 Å². The van der Waals surface area contributed by atoms with Crippen LogP contribution in [0.3, 0.4) is 0 Å². The normalized spacial score (nSPS) is 12.0. The monoisotopic (exact) mass is 206 g/mol. The fourth-order valence-electron chi connectivity index (χ4n) is 0.668. The lowest BCUT2D eigenvalue weighted by Gasteiger charge is -2.21. The zero-order valence-corrected chi connectivity index (χ0v) is 9.20. The number of carbonyl (C=O) groups is 1. The van der Waals surface area contributed by atoms with Crippen molar-refractivity contribution in [3.63, 3.8) is 0 Å². The second-order valence-corrected chi connectivity index (χ2v) is 4.46. The molecule has 0 atom stereocenters. The van der Waals surface area contributed by atoms with Crippen LogP contribution in [0.5, 0.6) is 0 Å². The van der Waals surface area contributed by atoms with E-state index in [-0.39, 0.29) is 0 Å². The third-order valence-corrected chi connectivity index (χ3v) is 3.23. The standard InChI is InChI=1S/C7H14O5Si/c1-5-6-7(8)12-13(9-2,10-3)11-4/h5-6H,1-4H3. The van der Waals surface area contributed by atoms with E-state index in [1.807, 2.05) is 0 Å². The first-order valence-electron chi connectivity index (χ1n) is 3.65. The molecule has 0 aromatic carbocycles. The van der Waals surface area contributed by atoms with E-state index in [0.717, 1.165) is 0 Å². The lowest BCUT2D eigenvalue weighted by molar-refractivity contribution is -0.137. The van der Waals surface area contributed by atoms with E-state index in [4.69, 9.17) is 17.7 Å². The largest absolute Gasteiger partial charge is 0.751 e. The summed E-state index contributed by atoms with van der Waals surface area (Å²) in [7, 11) is 0.871. The van der Waals surface area contributed by atoms with Gasteiger partial charge in [-0.3, -0.25) is 0 Å². The van der Waals surface area contributed by atoms with E-state index in [1.165, 1.54) is 27.4 Å². The Hall–Kier alpha value is -0.693. The second kappa shape index (κ2) is 5.87. The van der Waals surface area contributed by atoms with Gasteiger partial charge >= 0.3 is 15.0 Å². The molecular weight excluding hydrogens is 192 g/mol. The average Bonchev–Trinajstić information content (AvgIpc) is 2.15. The lowest BCUT2D eigenvalue weighted by atomic mass is 10.5. The van der Waals surface area contributed by atoms with E-state index < -0.39 is 15.0 Å². The molecule has 13 heavy (non-hydrogen) atoms. The zero-order valence-electron chi connectivity index (χ0n) is 8.20. The van der Waals surface area contributed by atoms with Gasteiger partial charge in [0.25, 0.3) is 0 Å². The van der Waals surface area contributed by atoms with Crippen molar-refractivity contribution in [3.8, 4) is 0 Å². The molecule has 0 saturated carbocycles. The highest BCUT2D eigenvalue weighted by Crippen LogP contribution is 2.08. The SMILES string of the molecule is CC=CC(=O)O[Si](OC)(OC)OC. The molecular formula is C7H14O5Si. The minimum atomic E-state index is -3.22. The minimum Gasteiger partial charge on any atom is -0.449 e. The smallest absolute Gasteiger partial charge is 0.449 e. The van der Waals surface area contributed by atoms with Crippen LogP contribution in [0.15, 0.2) is 12.2 Å². The van der Waals surface area contributed by atoms with Gasteiger partial charge in [0.05, 0.1) is 0 Å². The van der Waals surface area contributed by atoms with Gasteiger partial charge in [-0.15, -0.1) is 0 Å². The Morgan fingerprint density at radius 3 is 1.92 bits per heavy atom. The first kappa shape index (κ1) is 12.3. The van der Waals surface area contributed by atoms with Crippen molar-refractivity contribution < 1.29 is 22.5 Å². The molecule has 6 heteroatoms. The van der Waals surface area contributed by atoms with Crippen LogP contribution < -0.4 is 0 Å². The Morgan fingerprint density at radius 2 is 1.62 bits per heavy atom. The van der Waals surface area contributed by atoms with Gasteiger partial charge in [-0.05, 0) is 6.92 Å². The molecule has 0 amide bonds. The van der Waals surface area contributed by atoms with Gasteiger partial charge in [0.1, 0.15) is 0 Å². The highest BCUT2D eigenvalue weighted by Gasteiger charge is 2.46. The van der Waals surface area contributed by atoms with E-state index in [2.05, 4.69) is 0 Å². The molecule has 76 valence electrons. The van der Waals surface area contributed by atoms with Gasteiger partial charge in [0, 0.05) is 27.4 Å². The van der Waals surface area contributed by atoms with Gasteiger partial charge in [-0.25, -0.2) is 4.79 Å². The Kier molecular flexibility index (Phi) is 5.56. The predicted octanol–water partition coefficient (Wildman–Crippen LogP) is 0.480. The van der Waals surface area contributed by atoms with Gasteiger partial charge in [-0.1, -0.05) is 6.08 Å². The second-order valence-electron chi connectivity index (χ2n) is 2.03. The van der Waals surface area contributed by atoms with Crippen LogP contribution in [0.2, 0.25) is 0 Å². The van der Waals surface area contributed by atoms with Crippen LogP contribution in [-0.2, 0) is 22.5 Å². The molecule has 0 unspecified atom stereocenters. The molecule has 0 saturated heterocycles. The molecule has 0 bridgehead atoms. The maximum atomic E-state index is 11.0. The van der Waals surface area contributed by atoms with Gasteiger partial charge in [-0.2, -0.15) is 0 Å². The zero-order chi connectivity index (χ0) is 10.3. The Balaban J connectivity index is 4.32. The van der Waals surface area contributed by atoms with E-state index in [1.54, 1.807) is 13.0 Å². The number of carbonyl (C=O) groups excluding carboxylic acids is 1. The molecule has 0 spiro atoms. The highest BCUT2D eigenvalue weighted by atomic mass is 28.4. The van der Waals surface area contributed by atoms with Crippen LogP contribution in [0.4, 0.5) is 0 Å². The molecule has 0 aromatic heterocycles. The number of allylic oxidation sites excluding steroid dienone is 1. The molecule has 0 fully saturated rings. The molecule has 0 rings (SSSR count). The van der Waals surface area contributed by atoms with Crippen molar-refractivity contribution in [3.05, 3.63) is 12.2 Å². The molecule has 0 aliphatic carbocycles. The van der Waals surface area contributed by atoms with Crippen molar-refractivity contribution in [2.75, 3.05) is 21.3 Å². The molecule has 0 aromatic rings. The summed E-state index contributed by atoms with van der Waals surface area (Å²) in [6, 6.07) is 0. The number of hydrogen-bond acceptors (Lipinski definition) is 5. The van der Waals surface area contributed by atoms with Crippen molar-refractivity contribution in [2.45, 2.75) is 6.92 Å². The highest BCUT2D eigenvalue weighted by molar-refractivity contribution is 6.55. The van der Waals surface area contributed by atoms with Crippen LogP contribution in [0.25, 0.3) is 0 Å². The topological polar surface area (TPSA) is 54.0 Å². The minimum absolute atomic E-state index is 0.542. The maximum Gasteiger partial charge on any atom is 0.751 e. The summed E-state index contributed by atoms with van der Waals surface area (Å²) in [4.78, 5) is 11.0. The summed E-state index contributed by atoms with van der Waals surface area (Å²) in [6.45, 7) is 1.71. The van der Waals surface area contributed by atoms with Gasteiger partial charge < -0.3 is 17.7 Å². The summed E-state index contributed by atoms with van der Waals surface area (Å²) in [6.07, 6.45) is 2.82. The molecule has 0 N–H and O–H groups in total. The third kappa shape index (κ3) is 3.68. The summed E-state index contributed by atoms with van der Waals surface area (Å²) in [5, 5.41) is 0. The molecule has 0 aliphatic heterocycles.